The topological polar surface area (TPSA) is 94.6 Å². The first-order valence-electron chi connectivity index (χ1n) is 8.37. The highest BCUT2D eigenvalue weighted by Crippen LogP contribution is 2.20. The molecule has 2 aromatic rings. The van der Waals surface area contributed by atoms with Crippen LogP contribution in [0.3, 0.4) is 0 Å². The molecule has 130 valence electrons. The molecule has 8 heteroatoms. The number of aromatic nitrogens is 2. The van der Waals surface area contributed by atoms with Crippen LogP contribution in [0.2, 0.25) is 0 Å². The van der Waals surface area contributed by atoms with Gasteiger partial charge in [0.15, 0.2) is 0 Å². The highest BCUT2D eigenvalue weighted by atomic mass is 16.5. The van der Waals surface area contributed by atoms with Gasteiger partial charge in [0.25, 0.3) is 5.91 Å². The van der Waals surface area contributed by atoms with Gasteiger partial charge in [0.05, 0.1) is 13.2 Å². The van der Waals surface area contributed by atoms with Crippen molar-refractivity contribution in [2.24, 2.45) is 4.99 Å². The number of hydrogen-bond acceptors (Lipinski definition) is 6. The number of hydrogen-bond donors (Lipinski definition) is 3. The van der Waals surface area contributed by atoms with E-state index >= 15 is 0 Å². The standard InChI is InChI=1S/C17H20N6O2/c24-16-14(10-12-11-20-15-13(12)2-1-3-18-15)21-17(22-16)19-4-5-23-6-8-25-9-7-23/h1-3,10-11H,4-9H2,(H,18,20)(H2,19,21,22,24). The lowest BCUT2D eigenvalue weighted by molar-refractivity contribution is -0.115. The lowest BCUT2D eigenvalue weighted by atomic mass is 10.2. The molecule has 0 spiro atoms. The zero-order valence-corrected chi connectivity index (χ0v) is 13.8. The number of rotatable bonds is 4. The van der Waals surface area contributed by atoms with E-state index in [1.165, 1.54) is 0 Å². The van der Waals surface area contributed by atoms with Crippen LogP contribution in [0.25, 0.3) is 17.1 Å². The van der Waals surface area contributed by atoms with E-state index in [0.29, 0.717) is 11.7 Å². The molecule has 2 aromatic heterocycles. The lowest BCUT2D eigenvalue weighted by Gasteiger charge is -2.26. The van der Waals surface area contributed by atoms with Crippen LogP contribution in [0.1, 0.15) is 5.56 Å². The maximum atomic E-state index is 12.1. The number of fused-ring (bicyclic) bond motifs is 1. The number of carbonyl (C=O) groups excluding carboxylic acids is 1. The molecule has 2 aliphatic heterocycles. The van der Waals surface area contributed by atoms with Crippen molar-refractivity contribution >= 4 is 29.0 Å². The van der Waals surface area contributed by atoms with Gasteiger partial charge in [-0.3, -0.25) is 15.0 Å². The number of morpholine rings is 1. The van der Waals surface area contributed by atoms with E-state index in [2.05, 4.69) is 30.5 Å². The summed E-state index contributed by atoms with van der Waals surface area (Å²) in [6, 6.07) is 3.83. The van der Waals surface area contributed by atoms with Crippen LogP contribution in [0.5, 0.6) is 0 Å². The average molecular weight is 340 g/mol. The van der Waals surface area contributed by atoms with Gasteiger partial charge < -0.3 is 15.0 Å². The molecule has 25 heavy (non-hydrogen) atoms. The zero-order chi connectivity index (χ0) is 17.1. The smallest absolute Gasteiger partial charge is 0.276 e. The number of nitrogens with one attached hydrogen (secondary N) is 3. The molecule has 1 fully saturated rings. The molecule has 4 heterocycles. The number of aromatic amines is 1. The summed E-state index contributed by atoms with van der Waals surface area (Å²) in [5.41, 5.74) is 2.07. The summed E-state index contributed by atoms with van der Waals surface area (Å²) in [7, 11) is 0. The van der Waals surface area contributed by atoms with Crippen molar-refractivity contribution in [1.82, 2.24) is 25.5 Å². The predicted octanol–water partition coefficient (Wildman–Crippen LogP) is 0.311. The summed E-state index contributed by atoms with van der Waals surface area (Å²) < 4.78 is 5.33. The van der Waals surface area contributed by atoms with Crippen molar-refractivity contribution in [3.63, 3.8) is 0 Å². The Balaban J connectivity index is 1.41. The van der Waals surface area contributed by atoms with E-state index in [0.717, 1.165) is 56.0 Å². The fourth-order valence-electron chi connectivity index (χ4n) is 2.95. The van der Waals surface area contributed by atoms with Crippen molar-refractivity contribution in [3.05, 3.63) is 35.8 Å². The van der Waals surface area contributed by atoms with E-state index < -0.39 is 0 Å². The molecule has 4 rings (SSSR count). The minimum Gasteiger partial charge on any atom is -0.379 e. The number of carbonyl (C=O) groups is 1. The van der Waals surface area contributed by atoms with Gasteiger partial charge in [-0.1, -0.05) is 0 Å². The number of pyridine rings is 1. The number of H-pyrrole nitrogens is 1. The Morgan fingerprint density at radius 3 is 3.12 bits per heavy atom. The highest BCUT2D eigenvalue weighted by Gasteiger charge is 2.20. The number of guanidine groups is 1. The van der Waals surface area contributed by atoms with E-state index in [1.54, 1.807) is 12.3 Å². The molecule has 0 aliphatic carbocycles. The fraction of sp³-hybridized carbons (Fsp3) is 0.353. The maximum absolute atomic E-state index is 12.1. The van der Waals surface area contributed by atoms with E-state index in [9.17, 15) is 4.79 Å². The van der Waals surface area contributed by atoms with Gasteiger partial charge in [-0.05, 0) is 18.2 Å². The summed E-state index contributed by atoms with van der Waals surface area (Å²) >= 11 is 0. The summed E-state index contributed by atoms with van der Waals surface area (Å²) in [6.45, 7) is 5.07. The van der Waals surface area contributed by atoms with Crippen molar-refractivity contribution in [1.29, 1.82) is 0 Å². The van der Waals surface area contributed by atoms with Crippen LogP contribution in [0.4, 0.5) is 0 Å². The van der Waals surface area contributed by atoms with E-state index in [1.807, 2.05) is 18.3 Å². The monoisotopic (exact) mass is 340 g/mol. The molecule has 0 atom stereocenters. The van der Waals surface area contributed by atoms with Gasteiger partial charge in [-0.25, -0.2) is 9.98 Å². The Morgan fingerprint density at radius 2 is 2.24 bits per heavy atom. The largest absolute Gasteiger partial charge is 0.379 e. The quantitative estimate of drug-likeness (QED) is 0.697. The number of amides is 1. The minimum absolute atomic E-state index is 0.202. The third kappa shape index (κ3) is 3.54. The molecular weight excluding hydrogens is 320 g/mol. The second-order valence-corrected chi connectivity index (χ2v) is 5.97. The van der Waals surface area contributed by atoms with Gasteiger partial charge >= 0.3 is 0 Å². The van der Waals surface area contributed by atoms with Crippen LogP contribution >= 0.6 is 0 Å². The summed E-state index contributed by atoms with van der Waals surface area (Å²) in [6.07, 6.45) is 5.33. The Kier molecular flexibility index (Phi) is 4.45. The minimum atomic E-state index is -0.202. The van der Waals surface area contributed by atoms with Gasteiger partial charge in [-0.15, -0.1) is 0 Å². The molecule has 1 saturated heterocycles. The molecule has 0 bridgehead atoms. The highest BCUT2D eigenvalue weighted by molar-refractivity contribution is 6.14. The molecule has 0 unspecified atom stereocenters. The predicted molar refractivity (Wildman–Crippen MR) is 94.9 cm³/mol. The third-order valence-electron chi connectivity index (χ3n) is 4.30. The Labute approximate surface area is 145 Å². The molecule has 0 aromatic carbocycles. The van der Waals surface area contributed by atoms with Gasteiger partial charge in [0, 0.05) is 49.5 Å². The number of nitrogens with zero attached hydrogens (tertiary/aromatic N) is 3. The van der Waals surface area contributed by atoms with Crippen molar-refractivity contribution in [2.45, 2.75) is 0 Å². The van der Waals surface area contributed by atoms with Gasteiger partial charge in [0.2, 0.25) is 5.96 Å². The molecule has 2 aliphatic rings. The second-order valence-electron chi connectivity index (χ2n) is 5.97. The maximum Gasteiger partial charge on any atom is 0.276 e. The lowest BCUT2D eigenvalue weighted by Crippen LogP contribution is -2.43. The summed E-state index contributed by atoms with van der Waals surface area (Å²) in [5.74, 6) is 0.301. The molecule has 8 nitrogen and oxygen atoms in total. The first-order valence-corrected chi connectivity index (χ1v) is 8.37. The molecule has 3 N–H and O–H groups in total. The third-order valence-corrected chi connectivity index (χ3v) is 4.30. The molecule has 0 radical (unpaired) electrons. The van der Waals surface area contributed by atoms with Crippen LogP contribution in [-0.2, 0) is 9.53 Å². The first kappa shape index (κ1) is 15.8. The number of aliphatic imine (C=N–C) groups is 1. The van der Waals surface area contributed by atoms with Crippen LogP contribution in [0.15, 0.2) is 35.2 Å². The zero-order valence-electron chi connectivity index (χ0n) is 13.8. The Hall–Kier alpha value is -2.71. The molecule has 0 saturated carbocycles. The van der Waals surface area contributed by atoms with Gasteiger partial charge in [0.1, 0.15) is 11.3 Å². The molecule has 1 amide bonds. The summed E-state index contributed by atoms with van der Waals surface area (Å²) in [5, 5.41) is 6.91. The fourth-order valence-corrected chi connectivity index (χ4v) is 2.95. The number of ether oxygens (including phenoxy) is 1. The van der Waals surface area contributed by atoms with E-state index in [4.69, 9.17) is 4.74 Å². The summed E-state index contributed by atoms with van der Waals surface area (Å²) in [4.78, 5) is 26.1. The average Bonchev–Trinajstić information content (AvgIpc) is 3.20. The van der Waals surface area contributed by atoms with Crippen molar-refractivity contribution in [3.8, 4) is 0 Å². The van der Waals surface area contributed by atoms with Crippen molar-refractivity contribution in [2.75, 3.05) is 39.4 Å². The normalized spacial score (nSPS) is 20.1. The van der Waals surface area contributed by atoms with Crippen molar-refractivity contribution < 1.29 is 9.53 Å². The Bertz CT molecular complexity index is 835. The Morgan fingerprint density at radius 1 is 1.36 bits per heavy atom. The van der Waals surface area contributed by atoms with Crippen LogP contribution in [0, 0.1) is 0 Å². The van der Waals surface area contributed by atoms with Crippen LogP contribution < -0.4 is 10.6 Å². The SMILES string of the molecule is O=C1NC(NCCN2CCOCC2)=NC1=Cc1c[nH]c2ncccc12. The van der Waals surface area contributed by atoms with E-state index in [-0.39, 0.29) is 5.91 Å². The van der Waals surface area contributed by atoms with Crippen LogP contribution in [-0.4, -0.2) is 66.1 Å². The second kappa shape index (κ2) is 7.04. The van der Waals surface area contributed by atoms with Gasteiger partial charge in [-0.2, -0.15) is 0 Å². The molecular formula is C17H20N6O2. The first-order chi connectivity index (χ1) is 12.3.